The Bertz CT molecular complexity index is 325. The molecule has 0 aliphatic carbocycles. The minimum absolute atomic E-state index is 0.150. The van der Waals surface area contributed by atoms with E-state index in [1.54, 1.807) is 7.11 Å². The summed E-state index contributed by atoms with van der Waals surface area (Å²) in [6.07, 6.45) is 0.325. The highest BCUT2D eigenvalue weighted by molar-refractivity contribution is 5.35. The number of hydrogen-bond acceptors (Lipinski definition) is 3. The summed E-state index contributed by atoms with van der Waals surface area (Å²) in [7, 11) is 1.67. The molecular weight excluding hydrogens is 216 g/mol. The second-order valence-corrected chi connectivity index (χ2v) is 4.17. The summed E-state index contributed by atoms with van der Waals surface area (Å²) in [5.74, 6) is 0.920. The predicted molar refractivity (Wildman–Crippen MR) is 68.2 cm³/mol. The van der Waals surface area contributed by atoms with Crippen molar-refractivity contribution < 1.29 is 14.6 Å². The van der Waals surface area contributed by atoms with E-state index in [-0.39, 0.29) is 5.92 Å². The lowest BCUT2D eigenvalue weighted by molar-refractivity contribution is 0.0860. The molecule has 0 saturated carbocycles. The fourth-order valence-electron chi connectivity index (χ4n) is 1.78. The maximum atomic E-state index is 10.3. The molecule has 0 amide bonds. The highest BCUT2D eigenvalue weighted by atomic mass is 16.5. The normalized spacial score (nSPS) is 14.4. The molecule has 1 aromatic rings. The van der Waals surface area contributed by atoms with Crippen molar-refractivity contribution in [1.29, 1.82) is 0 Å². The molecule has 0 bridgehead atoms. The van der Waals surface area contributed by atoms with E-state index in [0.29, 0.717) is 13.2 Å². The lowest BCUT2D eigenvalue weighted by atomic mass is 9.94. The maximum Gasteiger partial charge on any atom is 0.125 e. The van der Waals surface area contributed by atoms with Gasteiger partial charge in [0.2, 0.25) is 0 Å². The van der Waals surface area contributed by atoms with Crippen LogP contribution in [0.15, 0.2) is 24.3 Å². The van der Waals surface area contributed by atoms with Gasteiger partial charge in [0.1, 0.15) is 5.75 Å². The van der Waals surface area contributed by atoms with Crippen molar-refractivity contribution in [2.45, 2.75) is 26.4 Å². The van der Waals surface area contributed by atoms with Gasteiger partial charge in [-0.3, -0.25) is 0 Å². The summed E-state index contributed by atoms with van der Waals surface area (Å²) in [6.45, 7) is 5.23. The average molecular weight is 238 g/mol. The first-order chi connectivity index (χ1) is 8.20. The van der Waals surface area contributed by atoms with Gasteiger partial charge < -0.3 is 14.6 Å². The van der Waals surface area contributed by atoms with Crippen molar-refractivity contribution in [2.24, 2.45) is 5.92 Å². The van der Waals surface area contributed by atoms with Gasteiger partial charge in [-0.15, -0.1) is 0 Å². The summed E-state index contributed by atoms with van der Waals surface area (Å²) in [5.41, 5.74) is 0.859. The van der Waals surface area contributed by atoms with E-state index in [1.807, 2.05) is 38.1 Å². The summed E-state index contributed by atoms with van der Waals surface area (Å²) >= 11 is 0. The van der Waals surface area contributed by atoms with Crippen molar-refractivity contribution in [2.75, 3.05) is 20.3 Å². The second kappa shape index (κ2) is 7.30. The smallest absolute Gasteiger partial charge is 0.125 e. The van der Waals surface area contributed by atoms with E-state index >= 15 is 0 Å². The van der Waals surface area contributed by atoms with E-state index in [9.17, 15) is 5.11 Å². The van der Waals surface area contributed by atoms with E-state index in [2.05, 4.69) is 0 Å². The lowest BCUT2D eigenvalue weighted by Crippen LogP contribution is -2.12. The quantitative estimate of drug-likeness (QED) is 0.794. The van der Waals surface area contributed by atoms with Crippen LogP contribution in [-0.4, -0.2) is 25.4 Å². The minimum atomic E-state index is -0.507. The van der Waals surface area contributed by atoms with Gasteiger partial charge in [0, 0.05) is 19.3 Å². The number of ether oxygens (including phenoxy) is 2. The molecule has 0 spiro atoms. The lowest BCUT2D eigenvalue weighted by Gasteiger charge is -2.21. The summed E-state index contributed by atoms with van der Waals surface area (Å²) in [4.78, 5) is 0. The standard InChI is InChI=1S/C14H22O3/c1-4-17-13-8-6-5-7-12(13)14(15)11(2)9-10-16-3/h5-8,11,14-15H,4,9-10H2,1-3H3. The number of benzene rings is 1. The molecule has 3 heteroatoms. The Hall–Kier alpha value is -1.06. The van der Waals surface area contributed by atoms with Gasteiger partial charge in [-0.2, -0.15) is 0 Å². The van der Waals surface area contributed by atoms with Crippen LogP contribution >= 0.6 is 0 Å². The topological polar surface area (TPSA) is 38.7 Å². The second-order valence-electron chi connectivity index (χ2n) is 4.17. The molecule has 96 valence electrons. The molecule has 1 aromatic carbocycles. The molecular formula is C14H22O3. The first kappa shape index (κ1) is 14.0. The van der Waals surface area contributed by atoms with E-state index in [4.69, 9.17) is 9.47 Å². The van der Waals surface area contributed by atoms with Crippen molar-refractivity contribution in [3.63, 3.8) is 0 Å². The van der Waals surface area contributed by atoms with Crippen LogP contribution in [-0.2, 0) is 4.74 Å². The molecule has 0 aromatic heterocycles. The molecule has 3 nitrogen and oxygen atoms in total. The largest absolute Gasteiger partial charge is 0.493 e. The fraction of sp³-hybridized carbons (Fsp3) is 0.571. The molecule has 0 radical (unpaired) electrons. The first-order valence-corrected chi connectivity index (χ1v) is 6.09. The molecule has 2 unspecified atom stereocenters. The summed E-state index contributed by atoms with van der Waals surface area (Å²) in [6, 6.07) is 7.65. The Morgan fingerprint density at radius 3 is 2.65 bits per heavy atom. The van der Waals surface area contributed by atoms with Crippen LogP contribution in [0.2, 0.25) is 0 Å². The fourth-order valence-corrected chi connectivity index (χ4v) is 1.78. The monoisotopic (exact) mass is 238 g/mol. The third-order valence-electron chi connectivity index (χ3n) is 2.85. The van der Waals surface area contributed by atoms with Crippen LogP contribution in [0, 0.1) is 5.92 Å². The number of methoxy groups -OCH3 is 1. The van der Waals surface area contributed by atoms with Crippen LogP contribution in [0.5, 0.6) is 5.75 Å². The Balaban J connectivity index is 2.76. The molecule has 17 heavy (non-hydrogen) atoms. The Morgan fingerprint density at radius 1 is 1.29 bits per heavy atom. The third kappa shape index (κ3) is 4.02. The molecule has 0 heterocycles. The maximum absolute atomic E-state index is 10.3. The Kier molecular flexibility index (Phi) is 6.01. The number of para-hydroxylation sites is 1. The molecule has 1 rings (SSSR count). The van der Waals surface area contributed by atoms with Gasteiger partial charge in [0.15, 0.2) is 0 Å². The van der Waals surface area contributed by atoms with Crippen LogP contribution < -0.4 is 4.74 Å². The summed E-state index contributed by atoms with van der Waals surface area (Å²) < 4.78 is 10.6. The van der Waals surface area contributed by atoms with Crippen molar-refractivity contribution in [3.8, 4) is 5.75 Å². The first-order valence-electron chi connectivity index (χ1n) is 6.09. The molecule has 0 saturated heterocycles. The van der Waals surface area contributed by atoms with Gasteiger partial charge in [-0.1, -0.05) is 25.1 Å². The molecule has 2 atom stereocenters. The van der Waals surface area contributed by atoms with Gasteiger partial charge in [-0.05, 0) is 25.3 Å². The van der Waals surface area contributed by atoms with Crippen LogP contribution in [0.1, 0.15) is 31.9 Å². The van der Waals surface area contributed by atoms with E-state index in [1.165, 1.54) is 0 Å². The Morgan fingerprint density at radius 2 is 2.00 bits per heavy atom. The average Bonchev–Trinajstić information content (AvgIpc) is 2.36. The van der Waals surface area contributed by atoms with Crippen molar-refractivity contribution in [1.82, 2.24) is 0 Å². The van der Waals surface area contributed by atoms with Crippen LogP contribution in [0.3, 0.4) is 0 Å². The number of aliphatic hydroxyl groups is 1. The van der Waals surface area contributed by atoms with Crippen molar-refractivity contribution in [3.05, 3.63) is 29.8 Å². The van der Waals surface area contributed by atoms with Crippen LogP contribution in [0.4, 0.5) is 0 Å². The molecule has 0 aliphatic heterocycles. The highest BCUT2D eigenvalue weighted by Gasteiger charge is 2.19. The third-order valence-corrected chi connectivity index (χ3v) is 2.85. The van der Waals surface area contributed by atoms with Gasteiger partial charge in [0.25, 0.3) is 0 Å². The Labute approximate surface area is 103 Å². The summed E-state index contributed by atoms with van der Waals surface area (Å²) in [5, 5.41) is 10.3. The SMILES string of the molecule is CCOc1ccccc1C(O)C(C)CCOC. The number of hydrogen-bond donors (Lipinski definition) is 1. The minimum Gasteiger partial charge on any atom is -0.493 e. The zero-order chi connectivity index (χ0) is 12.7. The van der Waals surface area contributed by atoms with E-state index < -0.39 is 6.10 Å². The van der Waals surface area contributed by atoms with Crippen molar-refractivity contribution >= 4 is 0 Å². The number of aliphatic hydroxyl groups excluding tert-OH is 1. The van der Waals surface area contributed by atoms with Gasteiger partial charge in [0.05, 0.1) is 12.7 Å². The van der Waals surface area contributed by atoms with Crippen LogP contribution in [0.25, 0.3) is 0 Å². The number of rotatable bonds is 7. The van der Waals surface area contributed by atoms with Gasteiger partial charge in [-0.25, -0.2) is 0 Å². The van der Waals surface area contributed by atoms with E-state index in [0.717, 1.165) is 17.7 Å². The highest BCUT2D eigenvalue weighted by Crippen LogP contribution is 2.31. The predicted octanol–water partition coefficient (Wildman–Crippen LogP) is 2.79. The zero-order valence-electron chi connectivity index (χ0n) is 10.8. The molecule has 0 aliphatic rings. The van der Waals surface area contributed by atoms with Gasteiger partial charge >= 0.3 is 0 Å². The molecule has 0 fully saturated rings. The molecule has 1 N–H and O–H groups in total. The zero-order valence-corrected chi connectivity index (χ0v) is 10.8.